The first kappa shape index (κ1) is 21.4. The smallest absolute Gasteiger partial charge is 0.314 e. The third-order valence-corrected chi connectivity index (χ3v) is 4.68. The zero-order valence-electron chi connectivity index (χ0n) is 15.7. The van der Waals surface area contributed by atoms with E-state index in [9.17, 15) is 9.59 Å². The number of benzene rings is 1. The van der Waals surface area contributed by atoms with Crippen molar-refractivity contribution in [3.8, 4) is 0 Å². The molecule has 27 heavy (non-hydrogen) atoms. The van der Waals surface area contributed by atoms with Gasteiger partial charge in [0, 0.05) is 20.2 Å². The summed E-state index contributed by atoms with van der Waals surface area (Å²) >= 11 is 6.42. The molecule has 1 aliphatic heterocycles. The minimum absolute atomic E-state index is 0.123. The van der Waals surface area contributed by atoms with E-state index in [-0.39, 0.29) is 25.4 Å². The monoisotopic (exact) mass is 395 g/mol. The SMILES string of the molecule is CCOC(=O)[C@H]1/C=C/C[C@@H](OCOC)CN(Cc2ccccc2)C(=O)[C@@H]1Cl. The number of rotatable bonds is 7. The number of amides is 1. The van der Waals surface area contributed by atoms with Crippen molar-refractivity contribution in [3.05, 3.63) is 48.0 Å². The van der Waals surface area contributed by atoms with Crippen LogP contribution in [-0.4, -0.2) is 55.3 Å². The molecule has 1 amide bonds. The van der Waals surface area contributed by atoms with Crippen molar-refractivity contribution in [1.29, 1.82) is 0 Å². The maximum Gasteiger partial charge on any atom is 0.314 e. The van der Waals surface area contributed by atoms with Crippen LogP contribution >= 0.6 is 11.6 Å². The van der Waals surface area contributed by atoms with Crippen molar-refractivity contribution in [3.63, 3.8) is 0 Å². The van der Waals surface area contributed by atoms with Crippen molar-refractivity contribution in [2.24, 2.45) is 5.92 Å². The number of ether oxygens (including phenoxy) is 3. The fourth-order valence-electron chi connectivity index (χ4n) is 2.88. The number of hydrogen-bond acceptors (Lipinski definition) is 5. The number of hydrogen-bond donors (Lipinski definition) is 0. The molecule has 148 valence electrons. The maximum absolute atomic E-state index is 13.1. The Morgan fingerprint density at radius 1 is 1.30 bits per heavy atom. The summed E-state index contributed by atoms with van der Waals surface area (Å²) in [7, 11) is 1.55. The Morgan fingerprint density at radius 3 is 2.70 bits per heavy atom. The molecule has 2 rings (SSSR count). The average Bonchev–Trinajstić information content (AvgIpc) is 2.72. The summed E-state index contributed by atoms with van der Waals surface area (Å²) in [6.45, 7) is 2.80. The van der Waals surface area contributed by atoms with E-state index in [1.165, 1.54) is 0 Å². The lowest BCUT2D eigenvalue weighted by molar-refractivity contribution is -0.149. The molecule has 0 unspecified atom stereocenters. The second kappa shape index (κ2) is 11.1. The van der Waals surface area contributed by atoms with Gasteiger partial charge >= 0.3 is 5.97 Å². The molecule has 1 aromatic carbocycles. The minimum Gasteiger partial charge on any atom is -0.465 e. The van der Waals surface area contributed by atoms with Crippen molar-refractivity contribution >= 4 is 23.5 Å². The van der Waals surface area contributed by atoms with E-state index in [0.717, 1.165) is 5.56 Å². The fourth-order valence-corrected chi connectivity index (χ4v) is 3.21. The first-order valence-corrected chi connectivity index (χ1v) is 9.41. The third kappa shape index (κ3) is 6.34. The molecule has 0 aromatic heterocycles. The molecule has 1 aliphatic rings. The highest BCUT2D eigenvalue weighted by molar-refractivity contribution is 6.32. The number of alkyl halides is 1. The van der Waals surface area contributed by atoms with Crippen LogP contribution in [0.2, 0.25) is 0 Å². The van der Waals surface area contributed by atoms with E-state index in [4.69, 9.17) is 25.8 Å². The van der Waals surface area contributed by atoms with Crippen molar-refractivity contribution < 1.29 is 23.8 Å². The Labute approximate surface area is 165 Å². The summed E-state index contributed by atoms with van der Waals surface area (Å²) in [5.74, 6) is -1.66. The minimum atomic E-state index is -1.04. The standard InChI is InChI=1S/C20H26ClNO5/c1-3-26-20(24)17-11-7-10-16(27-14-25-2)13-22(19(23)18(17)21)12-15-8-5-4-6-9-15/h4-9,11,16-18H,3,10,12-14H2,1-2H3/b11-7+/t16-,17+,18-/m1/s1. The van der Waals surface area contributed by atoms with Crippen molar-refractivity contribution in [2.75, 3.05) is 27.1 Å². The molecule has 0 aliphatic carbocycles. The zero-order valence-corrected chi connectivity index (χ0v) is 16.4. The van der Waals surface area contributed by atoms with Gasteiger partial charge < -0.3 is 19.1 Å². The fraction of sp³-hybridized carbons (Fsp3) is 0.500. The number of methoxy groups -OCH3 is 1. The van der Waals surface area contributed by atoms with Crippen LogP contribution in [-0.2, 0) is 30.3 Å². The molecular formula is C20H26ClNO5. The van der Waals surface area contributed by atoms with Gasteiger partial charge in [-0.3, -0.25) is 9.59 Å². The Kier molecular flexibility index (Phi) is 8.78. The number of carbonyl (C=O) groups excluding carboxylic acids is 2. The van der Waals surface area contributed by atoms with Gasteiger partial charge in [-0.1, -0.05) is 42.5 Å². The van der Waals surface area contributed by atoms with Gasteiger partial charge in [0.25, 0.3) is 0 Å². The van der Waals surface area contributed by atoms with Crippen LogP contribution in [0.3, 0.4) is 0 Å². The molecule has 0 spiro atoms. The summed E-state index contributed by atoms with van der Waals surface area (Å²) in [4.78, 5) is 27.0. The first-order valence-electron chi connectivity index (χ1n) is 8.97. The van der Waals surface area contributed by atoms with Crippen LogP contribution in [0, 0.1) is 5.92 Å². The normalized spacial score (nSPS) is 24.6. The van der Waals surface area contributed by atoms with Crippen LogP contribution in [0.15, 0.2) is 42.5 Å². The summed E-state index contributed by atoms with van der Waals surface area (Å²) in [6.07, 6.45) is 3.72. The molecule has 6 nitrogen and oxygen atoms in total. The molecule has 0 fully saturated rings. The van der Waals surface area contributed by atoms with Crippen LogP contribution in [0.5, 0.6) is 0 Å². The molecule has 0 bridgehead atoms. The second-order valence-corrected chi connectivity index (χ2v) is 6.71. The van der Waals surface area contributed by atoms with Gasteiger partial charge in [-0.2, -0.15) is 0 Å². The molecule has 0 N–H and O–H groups in total. The topological polar surface area (TPSA) is 65.1 Å². The molecule has 0 radical (unpaired) electrons. The summed E-state index contributed by atoms with van der Waals surface area (Å²) in [5.41, 5.74) is 0.972. The van der Waals surface area contributed by atoms with E-state index in [0.29, 0.717) is 19.5 Å². The second-order valence-electron chi connectivity index (χ2n) is 6.24. The van der Waals surface area contributed by atoms with Crippen LogP contribution < -0.4 is 0 Å². The lowest BCUT2D eigenvalue weighted by atomic mass is 10.0. The van der Waals surface area contributed by atoms with Gasteiger partial charge in [0.15, 0.2) is 0 Å². The van der Waals surface area contributed by atoms with Gasteiger partial charge in [0.05, 0.1) is 12.7 Å². The third-order valence-electron chi connectivity index (χ3n) is 4.23. The van der Waals surface area contributed by atoms with E-state index >= 15 is 0 Å². The number of esters is 1. The van der Waals surface area contributed by atoms with Gasteiger partial charge in [0.2, 0.25) is 5.91 Å². The van der Waals surface area contributed by atoms with Gasteiger partial charge in [0.1, 0.15) is 18.1 Å². The summed E-state index contributed by atoms with van der Waals surface area (Å²) < 4.78 is 15.8. The first-order chi connectivity index (χ1) is 13.1. The Balaban J connectivity index is 2.26. The lowest BCUT2D eigenvalue weighted by Crippen LogP contribution is -2.44. The van der Waals surface area contributed by atoms with Gasteiger partial charge in [-0.05, 0) is 18.9 Å². The molecule has 0 saturated carbocycles. The predicted octanol–water partition coefficient (Wildman–Crippen LogP) is 2.75. The van der Waals surface area contributed by atoms with E-state index in [1.807, 2.05) is 36.4 Å². The van der Waals surface area contributed by atoms with Gasteiger partial charge in [-0.25, -0.2) is 0 Å². The van der Waals surface area contributed by atoms with Crippen LogP contribution in [0.4, 0.5) is 0 Å². The average molecular weight is 396 g/mol. The molecule has 1 heterocycles. The van der Waals surface area contributed by atoms with Gasteiger partial charge in [-0.15, -0.1) is 11.6 Å². The highest BCUT2D eigenvalue weighted by Gasteiger charge is 2.36. The Morgan fingerprint density at radius 2 is 2.04 bits per heavy atom. The van der Waals surface area contributed by atoms with Crippen LogP contribution in [0.25, 0.3) is 0 Å². The Hall–Kier alpha value is -1.89. The number of nitrogens with zero attached hydrogens (tertiary/aromatic N) is 1. The largest absolute Gasteiger partial charge is 0.465 e. The highest BCUT2D eigenvalue weighted by atomic mass is 35.5. The van der Waals surface area contributed by atoms with E-state index < -0.39 is 17.3 Å². The number of halogens is 1. The van der Waals surface area contributed by atoms with E-state index in [2.05, 4.69) is 0 Å². The molecule has 1 aromatic rings. The molecular weight excluding hydrogens is 370 g/mol. The Bertz CT molecular complexity index is 637. The van der Waals surface area contributed by atoms with E-state index in [1.54, 1.807) is 25.0 Å². The van der Waals surface area contributed by atoms with Crippen molar-refractivity contribution in [1.82, 2.24) is 4.90 Å². The maximum atomic E-state index is 13.1. The van der Waals surface area contributed by atoms with Crippen molar-refractivity contribution in [2.45, 2.75) is 31.4 Å². The van der Waals surface area contributed by atoms with Crippen LogP contribution in [0.1, 0.15) is 18.9 Å². The molecule has 3 atom stereocenters. The summed E-state index contributed by atoms with van der Waals surface area (Å²) in [6, 6.07) is 9.62. The molecule has 7 heteroatoms. The lowest BCUT2D eigenvalue weighted by Gasteiger charge is -2.29. The predicted molar refractivity (Wildman–Crippen MR) is 102 cm³/mol. The number of carbonyl (C=O) groups is 2. The highest BCUT2D eigenvalue weighted by Crippen LogP contribution is 2.22. The summed E-state index contributed by atoms with van der Waals surface area (Å²) in [5, 5.41) is -1.04. The quantitative estimate of drug-likeness (QED) is 0.307. The molecule has 0 saturated heterocycles. The zero-order chi connectivity index (χ0) is 19.6.